The van der Waals surface area contributed by atoms with Gasteiger partial charge in [0.25, 0.3) is 0 Å². The highest BCUT2D eigenvalue weighted by Crippen LogP contribution is 2.06. The molecule has 0 aliphatic heterocycles. The van der Waals surface area contributed by atoms with Crippen LogP contribution in [0.25, 0.3) is 11.1 Å². The lowest BCUT2D eigenvalue weighted by molar-refractivity contribution is 0.555. The molecule has 0 amide bonds. The van der Waals surface area contributed by atoms with Gasteiger partial charge in [-0.05, 0) is 12.1 Å². The predicted octanol–water partition coefficient (Wildman–Crippen LogP) is 0.296. The summed E-state index contributed by atoms with van der Waals surface area (Å²) in [6.07, 6.45) is 0. The molecule has 0 aliphatic rings. The number of H-pyrrole nitrogens is 1. The van der Waals surface area contributed by atoms with Gasteiger partial charge in [-0.2, -0.15) is 0 Å². The van der Waals surface area contributed by atoms with Crippen LogP contribution in [0.4, 0.5) is 0 Å². The minimum absolute atomic E-state index is 0. The molecule has 0 atom stereocenters. The molecule has 1 aromatic carbocycles. The fourth-order valence-corrected chi connectivity index (χ4v) is 0.894. The molecule has 11 heavy (non-hydrogen) atoms. The molecule has 3 N–H and O–H groups in total. The summed E-state index contributed by atoms with van der Waals surface area (Å²) >= 11 is 0. The predicted molar refractivity (Wildman–Crippen MR) is 40.4 cm³/mol. The normalized spacial score (nSPS) is 9.45. The second-order valence-corrected chi connectivity index (χ2v) is 2.01. The van der Waals surface area contributed by atoms with Crippen LogP contribution in [0.15, 0.2) is 33.5 Å². The van der Waals surface area contributed by atoms with Gasteiger partial charge in [-0.1, -0.05) is 12.1 Å². The number of benzene rings is 1. The van der Waals surface area contributed by atoms with Crippen molar-refractivity contribution >= 4 is 11.1 Å². The summed E-state index contributed by atoms with van der Waals surface area (Å²) in [4.78, 5) is 13.1. The Hall–Kier alpha value is -1.55. The Labute approximate surface area is 61.8 Å². The van der Waals surface area contributed by atoms with Gasteiger partial charge in [-0.25, -0.2) is 4.79 Å². The van der Waals surface area contributed by atoms with E-state index in [0.717, 1.165) is 5.52 Å². The van der Waals surface area contributed by atoms with Crippen LogP contribution in [-0.2, 0) is 0 Å². The Morgan fingerprint density at radius 2 is 2.00 bits per heavy atom. The molecular weight excluding hydrogens is 146 g/mol. The number of hydrogen-bond donors (Lipinski definition) is 1. The summed E-state index contributed by atoms with van der Waals surface area (Å²) in [5, 5.41) is 0. The quantitative estimate of drug-likeness (QED) is 0.590. The molecule has 0 unspecified atom stereocenters. The Morgan fingerprint density at radius 1 is 1.27 bits per heavy atom. The molecule has 4 heteroatoms. The van der Waals surface area contributed by atoms with Crippen molar-refractivity contribution in [3.63, 3.8) is 0 Å². The summed E-state index contributed by atoms with van der Waals surface area (Å²) in [7, 11) is 0. The van der Waals surface area contributed by atoms with Crippen LogP contribution in [0.3, 0.4) is 0 Å². The van der Waals surface area contributed by atoms with Crippen molar-refractivity contribution in [2.24, 2.45) is 0 Å². The number of para-hydroxylation sites is 2. The van der Waals surface area contributed by atoms with E-state index in [2.05, 4.69) is 4.98 Å². The van der Waals surface area contributed by atoms with Crippen LogP contribution < -0.4 is 5.76 Å². The number of nitrogens with one attached hydrogen (secondary N) is 1. The lowest BCUT2D eigenvalue weighted by Gasteiger charge is -1.79. The summed E-state index contributed by atoms with van der Waals surface area (Å²) < 4.78 is 4.76. The smallest absolute Gasteiger partial charge is 0.412 e. The molecule has 0 bridgehead atoms. The van der Waals surface area contributed by atoms with Gasteiger partial charge in [0.1, 0.15) is 0 Å². The third kappa shape index (κ3) is 1.15. The number of hydrogen-bond acceptors (Lipinski definition) is 2. The molecule has 58 valence electrons. The highest BCUT2D eigenvalue weighted by molar-refractivity contribution is 5.71. The van der Waals surface area contributed by atoms with Crippen molar-refractivity contribution in [2.45, 2.75) is 0 Å². The standard InChI is InChI=1S/C7H5NO2.H2O/c9-7-8-5-3-1-2-4-6(5)10-7;/h1-4H,(H,8,9);1H2. The van der Waals surface area contributed by atoms with Crippen molar-refractivity contribution in [3.8, 4) is 0 Å². The molecule has 0 saturated carbocycles. The van der Waals surface area contributed by atoms with E-state index in [0.29, 0.717) is 5.58 Å². The number of oxazole rings is 1. The van der Waals surface area contributed by atoms with E-state index in [9.17, 15) is 4.79 Å². The first kappa shape index (κ1) is 7.56. The van der Waals surface area contributed by atoms with Crippen LogP contribution in [0, 0.1) is 0 Å². The van der Waals surface area contributed by atoms with Gasteiger partial charge in [-0.15, -0.1) is 0 Å². The number of rotatable bonds is 0. The Morgan fingerprint density at radius 3 is 2.73 bits per heavy atom. The van der Waals surface area contributed by atoms with Gasteiger partial charge in [0.05, 0.1) is 5.52 Å². The molecule has 0 radical (unpaired) electrons. The molecule has 1 aromatic heterocycles. The second kappa shape index (κ2) is 2.59. The zero-order chi connectivity index (χ0) is 6.97. The molecule has 2 aromatic rings. The van der Waals surface area contributed by atoms with Crippen LogP contribution >= 0.6 is 0 Å². The fraction of sp³-hybridized carbons (Fsp3) is 0. The van der Waals surface area contributed by atoms with E-state index in [1.165, 1.54) is 0 Å². The van der Waals surface area contributed by atoms with Gasteiger partial charge < -0.3 is 9.89 Å². The molecule has 1 heterocycles. The van der Waals surface area contributed by atoms with Crippen LogP contribution in [0.5, 0.6) is 0 Å². The van der Waals surface area contributed by atoms with Crippen molar-refractivity contribution in [1.29, 1.82) is 0 Å². The number of fused-ring (bicyclic) bond motifs is 1. The molecule has 4 nitrogen and oxygen atoms in total. The third-order valence-corrected chi connectivity index (χ3v) is 1.33. The monoisotopic (exact) mass is 153 g/mol. The van der Waals surface area contributed by atoms with Crippen LogP contribution in [0.1, 0.15) is 0 Å². The Bertz CT molecular complexity index is 365. The average molecular weight is 153 g/mol. The largest absolute Gasteiger partial charge is 0.417 e. The molecule has 0 fully saturated rings. The summed E-state index contributed by atoms with van der Waals surface area (Å²) in [5.41, 5.74) is 1.35. The Kier molecular flexibility index (Phi) is 1.78. The zero-order valence-corrected chi connectivity index (χ0v) is 5.63. The Balaban J connectivity index is 0.000000605. The van der Waals surface area contributed by atoms with Gasteiger partial charge in [0.15, 0.2) is 5.58 Å². The fourth-order valence-electron chi connectivity index (χ4n) is 0.894. The van der Waals surface area contributed by atoms with Gasteiger partial charge in [-0.3, -0.25) is 4.98 Å². The molecular formula is C7H7NO3. The lowest BCUT2D eigenvalue weighted by atomic mass is 10.3. The second-order valence-electron chi connectivity index (χ2n) is 2.01. The van der Waals surface area contributed by atoms with Crippen molar-refractivity contribution in [2.75, 3.05) is 0 Å². The number of aromatic nitrogens is 1. The topological polar surface area (TPSA) is 77.5 Å². The zero-order valence-electron chi connectivity index (χ0n) is 5.63. The first-order valence-corrected chi connectivity index (χ1v) is 2.94. The maximum Gasteiger partial charge on any atom is 0.417 e. The van der Waals surface area contributed by atoms with Gasteiger partial charge in [0, 0.05) is 0 Å². The van der Waals surface area contributed by atoms with Crippen molar-refractivity contribution in [1.82, 2.24) is 4.98 Å². The maximum atomic E-state index is 10.6. The molecule has 0 spiro atoms. The van der Waals surface area contributed by atoms with Crippen LogP contribution in [-0.4, -0.2) is 10.5 Å². The van der Waals surface area contributed by atoms with E-state index in [1.54, 1.807) is 12.1 Å². The minimum atomic E-state index is -0.402. The van der Waals surface area contributed by atoms with Crippen molar-refractivity contribution < 1.29 is 9.89 Å². The minimum Gasteiger partial charge on any atom is -0.412 e. The highest BCUT2D eigenvalue weighted by Gasteiger charge is 1.95. The molecule has 0 saturated heterocycles. The summed E-state index contributed by atoms with van der Waals surface area (Å²) in [6, 6.07) is 7.19. The van der Waals surface area contributed by atoms with E-state index >= 15 is 0 Å². The SMILES string of the molecule is O.O=c1[nH]c2ccccc2o1. The van der Waals surface area contributed by atoms with Gasteiger partial charge in [0.2, 0.25) is 0 Å². The average Bonchev–Trinajstić information content (AvgIpc) is 2.27. The maximum absolute atomic E-state index is 10.6. The van der Waals surface area contributed by atoms with E-state index in [1.807, 2.05) is 12.1 Å². The third-order valence-electron chi connectivity index (χ3n) is 1.33. The van der Waals surface area contributed by atoms with Crippen LogP contribution in [0.2, 0.25) is 0 Å². The molecule has 0 aliphatic carbocycles. The molecule has 2 rings (SSSR count). The van der Waals surface area contributed by atoms with E-state index < -0.39 is 5.76 Å². The number of aromatic amines is 1. The summed E-state index contributed by atoms with van der Waals surface area (Å²) in [6.45, 7) is 0. The van der Waals surface area contributed by atoms with Crippen molar-refractivity contribution in [3.05, 3.63) is 34.8 Å². The summed E-state index contributed by atoms with van der Waals surface area (Å²) in [5.74, 6) is -0.402. The van der Waals surface area contributed by atoms with Gasteiger partial charge >= 0.3 is 5.76 Å². The van der Waals surface area contributed by atoms with E-state index in [-0.39, 0.29) is 5.48 Å². The first-order chi connectivity index (χ1) is 4.86. The highest BCUT2D eigenvalue weighted by atomic mass is 16.4. The van der Waals surface area contributed by atoms with E-state index in [4.69, 9.17) is 4.42 Å². The first-order valence-electron chi connectivity index (χ1n) is 2.94. The lowest BCUT2D eigenvalue weighted by Crippen LogP contribution is -1.92.